The fourth-order valence-corrected chi connectivity index (χ4v) is 2.71. The van der Waals surface area contributed by atoms with Gasteiger partial charge in [0.1, 0.15) is 0 Å². The van der Waals surface area contributed by atoms with Crippen LogP contribution < -0.4 is 11.1 Å². The Kier molecular flexibility index (Phi) is 6.79. The van der Waals surface area contributed by atoms with Crippen LogP contribution in [-0.4, -0.2) is 17.4 Å². The highest BCUT2D eigenvalue weighted by atomic mass is 35.5. The molecule has 0 aliphatic heterocycles. The first-order valence-corrected chi connectivity index (χ1v) is 7.12. The molecule has 0 radical (unpaired) electrons. The van der Waals surface area contributed by atoms with Gasteiger partial charge >= 0.3 is 0 Å². The van der Waals surface area contributed by atoms with Crippen LogP contribution in [0, 0.1) is 11.8 Å². The average Bonchev–Trinajstić information content (AvgIpc) is 2.40. The third kappa shape index (κ3) is 5.00. The van der Waals surface area contributed by atoms with Gasteiger partial charge in [0.2, 0.25) is 5.91 Å². The summed E-state index contributed by atoms with van der Waals surface area (Å²) in [5.41, 5.74) is 6.96. The van der Waals surface area contributed by atoms with Gasteiger partial charge in [0.15, 0.2) is 0 Å². The zero-order valence-electron chi connectivity index (χ0n) is 12.0. The van der Waals surface area contributed by atoms with Gasteiger partial charge in [-0.2, -0.15) is 0 Å². The van der Waals surface area contributed by atoms with E-state index in [4.69, 9.17) is 5.73 Å². The van der Waals surface area contributed by atoms with Gasteiger partial charge in [-0.05, 0) is 30.4 Å². The van der Waals surface area contributed by atoms with Crippen LogP contribution >= 0.6 is 12.4 Å². The second kappa shape index (κ2) is 8.10. The number of carbonyl (C=O) groups is 1. The first kappa shape index (κ1) is 16.8. The van der Waals surface area contributed by atoms with E-state index in [1.165, 1.54) is 25.7 Å². The molecular formula is C15H24ClN3O. The molecule has 2 atom stereocenters. The van der Waals surface area contributed by atoms with E-state index >= 15 is 0 Å². The van der Waals surface area contributed by atoms with Crippen LogP contribution in [-0.2, 0) is 11.2 Å². The molecule has 1 saturated carbocycles. The number of hydrogen-bond acceptors (Lipinski definition) is 3. The highest BCUT2D eigenvalue weighted by Crippen LogP contribution is 2.28. The summed E-state index contributed by atoms with van der Waals surface area (Å²) in [6.45, 7) is 3.09. The molecule has 5 heteroatoms. The average molecular weight is 298 g/mol. The molecule has 3 N–H and O–H groups in total. The molecule has 0 saturated heterocycles. The number of halogens is 1. The zero-order valence-corrected chi connectivity index (χ0v) is 12.8. The molecule has 1 aromatic heterocycles. The Balaban J connectivity index is 0.00000200. The smallest absolute Gasteiger partial charge is 0.226 e. The highest BCUT2D eigenvalue weighted by molar-refractivity contribution is 5.85. The third-order valence-electron chi connectivity index (χ3n) is 4.04. The predicted molar refractivity (Wildman–Crippen MR) is 83.7 cm³/mol. The molecule has 0 spiro atoms. The number of nitrogen functional groups attached to an aromatic ring is 1. The van der Waals surface area contributed by atoms with Crippen molar-refractivity contribution in [3.8, 4) is 0 Å². The number of hydrogen-bond donors (Lipinski definition) is 2. The second-order valence-corrected chi connectivity index (χ2v) is 5.59. The lowest BCUT2D eigenvalue weighted by molar-refractivity contribution is -0.120. The minimum atomic E-state index is 0. The van der Waals surface area contributed by atoms with E-state index in [0.29, 0.717) is 18.0 Å². The maximum absolute atomic E-state index is 11.9. The van der Waals surface area contributed by atoms with Crippen molar-refractivity contribution in [2.75, 3.05) is 12.3 Å². The molecule has 1 aromatic rings. The fourth-order valence-electron chi connectivity index (χ4n) is 2.71. The topological polar surface area (TPSA) is 68.0 Å². The number of aromatic nitrogens is 1. The second-order valence-electron chi connectivity index (χ2n) is 5.59. The first-order valence-electron chi connectivity index (χ1n) is 7.12. The number of nitrogens with one attached hydrogen (secondary N) is 1. The number of anilines is 1. The van der Waals surface area contributed by atoms with Gasteiger partial charge in [0, 0.05) is 12.2 Å². The van der Waals surface area contributed by atoms with Gasteiger partial charge in [-0.25, -0.2) is 0 Å². The van der Waals surface area contributed by atoms with E-state index in [-0.39, 0.29) is 18.3 Å². The molecule has 1 heterocycles. The molecule has 4 nitrogen and oxygen atoms in total. The Morgan fingerprint density at radius 3 is 2.80 bits per heavy atom. The summed E-state index contributed by atoms with van der Waals surface area (Å²) < 4.78 is 0. The fraction of sp³-hybridized carbons (Fsp3) is 0.600. The molecule has 1 amide bonds. The molecule has 0 aromatic carbocycles. The summed E-state index contributed by atoms with van der Waals surface area (Å²) in [4.78, 5) is 16.0. The normalized spacial score (nSPS) is 21.9. The maximum Gasteiger partial charge on any atom is 0.226 e. The summed E-state index contributed by atoms with van der Waals surface area (Å²) in [5.74, 6) is 1.41. The SMILES string of the molecule is CC1CCCCC1CNC(=O)Cc1ccc(N)cn1.Cl. The number of pyridine rings is 1. The van der Waals surface area contributed by atoms with Crippen molar-refractivity contribution in [2.45, 2.75) is 39.0 Å². The molecule has 2 rings (SSSR count). The highest BCUT2D eigenvalue weighted by Gasteiger charge is 2.21. The molecule has 2 unspecified atom stereocenters. The van der Waals surface area contributed by atoms with E-state index in [9.17, 15) is 4.79 Å². The lowest BCUT2D eigenvalue weighted by Crippen LogP contribution is -2.34. The van der Waals surface area contributed by atoms with Crippen molar-refractivity contribution in [3.05, 3.63) is 24.0 Å². The van der Waals surface area contributed by atoms with Gasteiger partial charge in [0.25, 0.3) is 0 Å². The standard InChI is InChI=1S/C15H23N3O.ClH/c1-11-4-2-3-5-12(11)9-18-15(19)8-14-7-6-13(16)10-17-14;/h6-7,10-12H,2-5,8-9,16H2,1H3,(H,18,19);1H. The van der Waals surface area contributed by atoms with E-state index in [1.807, 2.05) is 0 Å². The molecular weight excluding hydrogens is 274 g/mol. The van der Waals surface area contributed by atoms with Crippen molar-refractivity contribution < 1.29 is 4.79 Å². The molecule has 1 fully saturated rings. The van der Waals surface area contributed by atoms with Crippen LogP contribution in [0.1, 0.15) is 38.3 Å². The number of carbonyl (C=O) groups excluding carboxylic acids is 1. The van der Waals surface area contributed by atoms with Crippen molar-refractivity contribution >= 4 is 24.0 Å². The summed E-state index contributed by atoms with van der Waals surface area (Å²) >= 11 is 0. The molecule has 1 aliphatic rings. The number of nitrogens with zero attached hydrogens (tertiary/aromatic N) is 1. The van der Waals surface area contributed by atoms with E-state index in [2.05, 4.69) is 17.2 Å². The molecule has 112 valence electrons. The van der Waals surface area contributed by atoms with Crippen molar-refractivity contribution in [1.29, 1.82) is 0 Å². The minimum Gasteiger partial charge on any atom is -0.397 e. The van der Waals surface area contributed by atoms with Crippen LogP contribution in [0.3, 0.4) is 0 Å². The van der Waals surface area contributed by atoms with Crippen molar-refractivity contribution in [1.82, 2.24) is 10.3 Å². The number of rotatable bonds is 4. The van der Waals surface area contributed by atoms with Gasteiger partial charge in [-0.1, -0.05) is 26.2 Å². The quantitative estimate of drug-likeness (QED) is 0.897. The Morgan fingerprint density at radius 1 is 1.40 bits per heavy atom. The maximum atomic E-state index is 11.9. The zero-order chi connectivity index (χ0) is 13.7. The summed E-state index contributed by atoms with van der Waals surface area (Å²) in [5, 5.41) is 3.04. The molecule has 20 heavy (non-hydrogen) atoms. The Labute approximate surface area is 126 Å². The summed E-state index contributed by atoms with van der Waals surface area (Å²) in [6.07, 6.45) is 7.08. The number of amides is 1. The van der Waals surface area contributed by atoms with E-state index < -0.39 is 0 Å². The van der Waals surface area contributed by atoms with Crippen LogP contribution in [0.5, 0.6) is 0 Å². The summed E-state index contributed by atoms with van der Waals surface area (Å²) in [6, 6.07) is 3.58. The first-order chi connectivity index (χ1) is 9.15. The monoisotopic (exact) mass is 297 g/mol. The molecule has 1 aliphatic carbocycles. The minimum absolute atomic E-state index is 0. The predicted octanol–water partition coefficient (Wildman–Crippen LogP) is 2.57. The number of nitrogens with two attached hydrogens (primary N) is 1. The van der Waals surface area contributed by atoms with Gasteiger partial charge in [-0.3, -0.25) is 9.78 Å². The molecule has 0 bridgehead atoms. The largest absolute Gasteiger partial charge is 0.397 e. The third-order valence-corrected chi connectivity index (χ3v) is 4.04. The van der Waals surface area contributed by atoms with Crippen molar-refractivity contribution in [3.63, 3.8) is 0 Å². The van der Waals surface area contributed by atoms with Crippen LogP contribution in [0.2, 0.25) is 0 Å². The Bertz CT molecular complexity index is 422. The van der Waals surface area contributed by atoms with Crippen LogP contribution in [0.25, 0.3) is 0 Å². The van der Waals surface area contributed by atoms with E-state index in [1.54, 1.807) is 18.3 Å². The van der Waals surface area contributed by atoms with E-state index in [0.717, 1.165) is 18.2 Å². The van der Waals surface area contributed by atoms with Crippen molar-refractivity contribution in [2.24, 2.45) is 11.8 Å². The summed E-state index contributed by atoms with van der Waals surface area (Å²) in [7, 11) is 0. The lowest BCUT2D eigenvalue weighted by atomic mass is 9.80. The van der Waals surface area contributed by atoms with Gasteiger partial charge < -0.3 is 11.1 Å². The lowest BCUT2D eigenvalue weighted by Gasteiger charge is -2.28. The van der Waals surface area contributed by atoms with Crippen LogP contribution in [0.4, 0.5) is 5.69 Å². The van der Waals surface area contributed by atoms with Gasteiger partial charge in [-0.15, -0.1) is 12.4 Å². The van der Waals surface area contributed by atoms with Gasteiger partial charge in [0.05, 0.1) is 18.3 Å². The Hall–Kier alpha value is -1.29. The Morgan fingerprint density at radius 2 is 2.15 bits per heavy atom. The van der Waals surface area contributed by atoms with Crippen LogP contribution in [0.15, 0.2) is 18.3 Å².